The van der Waals surface area contributed by atoms with Crippen LogP contribution in [0, 0.1) is 0 Å². The summed E-state index contributed by atoms with van der Waals surface area (Å²) in [6.07, 6.45) is -3.15. The van der Waals surface area contributed by atoms with E-state index < -0.39 is 6.36 Å². The second-order valence-corrected chi connectivity index (χ2v) is 5.97. The van der Waals surface area contributed by atoms with Crippen molar-refractivity contribution < 1.29 is 22.7 Å². The van der Waals surface area contributed by atoms with Crippen LogP contribution in [0.5, 0.6) is 5.75 Å². The second kappa shape index (κ2) is 7.56. The minimum absolute atomic E-state index is 0.103. The normalized spacial score (nSPS) is 11.6. The lowest BCUT2D eigenvalue weighted by atomic mass is 10.3. The van der Waals surface area contributed by atoms with E-state index in [1.807, 2.05) is 18.4 Å². The maximum absolute atomic E-state index is 12.1. The number of carbonyl (C=O) groups is 1. The third-order valence-corrected chi connectivity index (χ3v) is 3.76. The van der Waals surface area contributed by atoms with Crippen molar-refractivity contribution in [2.75, 3.05) is 11.1 Å². The lowest BCUT2D eigenvalue weighted by molar-refractivity contribution is -0.274. The predicted molar refractivity (Wildman–Crippen MR) is 82.9 cm³/mol. The number of nitrogens with one attached hydrogen (secondary N) is 1. The van der Waals surface area contributed by atoms with Gasteiger partial charge in [0.1, 0.15) is 12.1 Å². The van der Waals surface area contributed by atoms with Crippen LogP contribution in [-0.2, 0) is 4.79 Å². The molecule has 0 saturated carbocycles. The van der Waals surface area contributed by atoms with E-state index in [0.29, 0.717) is 10.8 Å². The lowest BCUT2D eigenvalue weighted by Crippen LogP contribution is -2.17. The third kappa shape index (κ3) is 5.44. The van der Waals surface area contributed by atoms with Gasteiger partial charge in [-0.15, -0.1) is 23.4 Å². The minimum Gasteiger partial charge on any atom is -0.406 e. The Bertz CT molecular complexity index is 686. The summed E-state index contributed by atoms with van der Waals surface area (Å²) in [4.78, 5) is 11.9. The maximum Gasteiger partial charge on any atom is 0.573 e. The molecule has 24 heavy (non-hydrogen) atoms. The van der Waals surface area contributed by atoms with Gasteiger partial charge in [-0.05, 0) is 38.1 Å². The molecule has 2 aromatic rings. The van der Waals surface area contributed by atoms with Crippen LogP contribution in [0.3, 0.4) is 0 Å². The van der Waals surface area contributed by atoms with Gasteiger partial charge in [0.05, 0.1) is 5.75 Å². The molecule has 1 heterocycles. The summed E-state index contributed by atoms with van der Waals surface area (Å²) in [5.74, 6) is -0.547. The Morgan fingerprint density at radius 3 is 2.58 bits per heavy atom. The van der Waals surface area contributed by atoms with E-state index in [1.54, 1.807) is 6.33 Å². The number of alkyl halides is 3. The molecule has 0 saturated heterocycles. The van der Waals surface area contributed by atoms with Gasteiger partial charge >= 0.3 is 6.36 Å². The average molecular weight is 360 g/mol. The SMILES string of the molecule is CC(C)n1cnnc1SCC(=O)Nc1ccc(OC(F)(F)F)cc1. The van der Waals surface area contributed by atoms with E-state index in [2.05, 4.69) is 20.3 Å². The highest BCUT2D eigenvalue weighted by Crippen LogP contribution is 2.24. The first-order valence-electron chi connectivity index (χ1n) is 6.92. The Kier molecular flexibility index (Phi) is 5.71. The van der Waals surface area contributed by atoms with Crippen molar-refractivity contribution in [1.29, 1.82) is 0 Å². The largest absolute Gasteiger partial charge is 0.573 e. The van der Waals surface area contributed by atoms with E-state index in [4.69, 9.17) is 0 Å². The fraction of sp³-hybridized carbons (Fsp3) is 0.357. The summed E-state index contributed by atoms with van der Waals surface area (Å²) in [7, 11) is 0. The quantitative estimate of drug-likeness (QED) is 0.799. The van der Waals surface area contributed by atoms with Gasteiger partial charge in [0.2, 0.25) is 5.91 Å². The molecule has 0 bridgehead atoms. The Morgan fingerprint density at radius 2 is 2.00 bits per heavy atom. The maximum atomic E-state index is 12.1. The zero-order chi connectivity index (χ0) is 17.7. The highest BCUT2D eigenvalue weighted by molar-refractivity contribution is 7.99. The minimum atomic E-state index is -4.74. The second-order valence-electron chi connectivity index (χ2n) is 5.02. The molecule has 1 aromatic carbocycles. The molecule has 0 aliphatic heterocycles. The smallest absolute Gasteiger partial charge is 0.406 e. The van der Waals surface area contributed by atoms with Crippen molar-refractivity contribution in [2.45, 2.75) is 31.4 Å². The molecule has 0 aliphatic carbocycles. The van der Waals surface area contributed by atoms with Gasteiger partial charge < -0.3 is 14.6 Å². The molecule has 0 radical (unpaired) electrons. The topological polar surface area (TPSA) is 69.0 Å². The molecule has 0 unspecified atom stereocenters. The summed E-state index contributed by atoms with van der Waals surface area (Å²) in [5.41, 5.74) is 0.375. The number of thioether (sulfide) groups is 1. The van der Waals surface area contributed by atoms with Crippen molar-refractivity contribution in [1.82, 2.24) is 14.8 Å². The van der Waals surface area contributed by atoms with Gasteiger partial charge in [0, 0.05) is 11.7 Å². The fourth-order valence-corrected chi connectivity index (χ4v) is 2.60. The number of hydrogen-bond donors (Lipinski definition) is 1. The van der Waals surface area contributed by atoms with Crippen LogP contribution in [0.4, 0.5) is 18.9 Å². The number of carbonyl (C=O) groups excluding carboxylic acids is 1. The van der Waals surface area contributed by atoms with Crippen molar-refractivity contribution in [3.05, 3.63) is 30.6 Å². The number of anilines is 1. The molecule has 1 amide bonds. The summed E-state index contributed by atoms with van der Waals surface area (Å²) in [5, 5.41) is 10.9. The van der Waals surface area contributed by atoms with E-state index in [-0.39, 0.29) is 23.5 Å². The monoisotopic (exact) mass is 360 g/mol. The van der Waals surface area contributed by atoms with Gasteiger partial charge in [0.25, 0.3) is 0 Å². The highest BCUT2D eigenvalue weighted by Gasteiger charge is 2.30. The van der Waals surface area contributed by atoms with Crippen molar-refractivity contribution in [2.24, 2.45) is 0 Å². The molecule has 1 aromatic heterocycles. The number of benzene rings is 1. The summed E-state index contributed by atoms with van der Waals surface area (Å²) < 4.78 is 41.8. The van der Waals surface area contributed by atoms with Crippen LogP contribution in [0.1, 0.15) is 19.9 Å². The molecule has 0 spiro atoms. The van der Waals surface area contributed by atoms with Crippen LogP contribution < -0.4 is 10.1 Å². The van der Waals surface area contributed by atoms with Crippen molar-refractivity contribution in [3.63, 3.8) is 0 Å². The zero-order valence-corrected chi connectivity index (χ0v) is 13.7. The van der Waals surface area contributed by atoms with E-state index in [0.717, 1.165) is 12.1 Å². The van der Waals surface area contributed by atoms with E-state index >= 15 is 0 Å². The Balaban J connectivity index is 1.87. The molecular formula is C14H15F3N4O2S. The Hall–Kier alpha value is -2.23. The molecule has 6 nitrogen and oxygen atoms in total. The third-order valence-electron chi connectivity index (χ3n) is 2.80. The summed E-state index contributed by atoms with van der Waals surface area (Å²) in [6, 6.07) is 5.10. The van der Waals surface area contributed by atoms with Crippen molar-refractivity contribution in [3.8, 4) is 5.75 Å². The van der Waals surface area contributed by atoms with E-state index in [1.165, 1.54) is 23.9 Å². The molecular weight excluding hydrogens is 345 g/mol. The molecule has 130 valence electrons. The summed E-state index contributed by atoms with van der Waals surface area (Å²) in [6.45, 7) is 3.94. The van der Waals surface area contributed by atoms with Gasteiger partial charge in [-0.1, -0.05) is 11.8 Å². The molecule has 2 rings (SSSR count). The summed E-state index contributed by atoms with van der Waals surface area (Å²) >= 11 is 1.22. The van der Waals surface area contributed by atoms with Gasteiger partial charge in [-0.25, -0.2) is 0 Å². The fourth-order valence-electron chi connectivity index (χ4n) is 1.76. The van der Waals surface area contributed by atoms with Crippen LogP contribution in [-0.4, -0.2) is 32.8 Å². The van der Waals surface area contributed by atoms with Crippen LogP contribution in [0.15, 0.2) is 35.7 Å². The lowest BCUT2D eigenvalue weighted by Gasteiger charge is -2.10. The number of amides is 1. The molecule has 10 heteroatoms. The number of halogens is 3. The average Bonchev–Trinajstić information content (AvgIpc) is 2.94. The van der Waals surface area contributed by atoms with E-state index in [9.17, 15) is 18.0 Å². The number of nitrogens with zero attached hydrogens (tertiary/aromatic N) is 3. The molecule has 0 fully saturated rings. The first-order valence-corrected chi connectivity index (χ1v) is 7.91. The molecule has 0 aliphatic rings. The zero-order valence-electron chi connectivity index (χ0n) is 12.9. The number of rotatable bonds is 6. The van der Waals surface area contributed by atoms with Gasteiger partial charge in [-0.2, -0.15) is 0 Å². The van der Waals surface area contributed by atoms with Gasteiger partial charge in [0.15, 0.2) is 5.16 Å². The van der Waals surface area contributed by atoms with Crippen LogP contribution in [0.25, 0.3) is 0 Å². The first-order chi connectivity index (χ1) is 11.2. The van der Waals surface area contributed by atoms with Crippen molar-refractivity contribution >= 4 is 23.4 Å². The predicted octanol–water partition coefficient (Wildman–Crippen LogP) is 3.49. The number of ether oxygens (including phenoxy) is 1. The highest BCUT2D eigenvalue weighted by atomic mass is 32.2. The van der Waals surface area contributed by atoms with Crippen LogP contribution >= 0.6 is 11.8 Å². The number of aromatic nitrogens is 3. The number of hydrogen-bond acceptors (Lipinski definition) is 5. The standard InChI is InChI=1S/C14H15F3N4O2S/c1-9(2)21-8-18-20-13(21)24-7-12(22)19-10-3-5-11(6-4-10)23-14(15,16)17/h3-6,8-9H,7H2,1-2H3,(H,19,22). The Labute approximate surface area is 140 Å². The molecule has 1 N–H and O–H groups in total. The first kappa shape index (κ1) is 18.1. The Morgan fingerprint density at radius 1 is 1.33 bits per heavy atom. The van der Waals surface area contributed by atoms with Crippen LogP contribution in [0.2, 0.25) is 0 Å². The van der Waals surface area contributed by atoms with Gasteiger partial charge in [-0.3, -0.25) is 4.79 Å². The molecule has 0 atom stereocenters.